The van der Waals surface area contributed by atoms with Crippen LogP contribution in [0, 0.1) is 17.8 Å². The summed E-state index contributed by atoms with van der Waals surface area (Å²) in [6, 6.07) is 0. The summed E-state index contributed by atoms with van der Waals surface area (Å²) in [4.78, 5) is 0. The van der Waals surface area contributed by atoms with Gasteiger partial charge in [-0.05, 0) is 54.8 Å². The summed E-state index contributed by atoms with van der Waals surface area (Å²) < 4.78 is 39.8. The molecule has 4 fully saturated rings. The van der Waals surface area contributed by atoms with Gasteiger partial charge in [0.15, 0.2) is 0 Å². The maximum atomic E-state index is 9.75. The van der Waals surface area contributed by atoms with E-state index < -0.39 is 7.25 Å². The van der Waals surface area contributed by atoms with Crippen LogP contribution in [0.15, 0.2) is 0 Å². The maximum absolute atomic E-state index is 9.75. The minimum absolute atomic E-state index is 0.718. The lowest BCUT2D eigenvalue weighted by Crippen LogP contribution is -2.54. The van der Waals surface area contributed by atoms with E-state index in [1.54, 1.807) is 38.5 Å². The van der Waals surface area contributed by atoms with Crippen LogP contribution in [0.3, 0.4) is 0 Å². The monoisotopic (exact) mass is 298 g/mol. The zero-order chi connectivity index (χ0) is 14.3. The molecule has 4 rings (SSSR count). The average molecular weight is 298 g/mol. The van der Waals surface area contributed by atoms with E-state index in [0.717, 1.165) is 33.4 Å². The van der Waals surface area contributed by atoms with Gasteiger partial charge in [-0.1, -0.05) is 0 Å². The van der Waals surface area contributed by atoms with Gasteiger partial charge in [0, 0.05) is 19.3 Å². The summed E-state index contributed by atoms with van der Waals surface area (Å²) in [5, 5.41) is 0. The summed E-state index contributed by atoms with van der Waals surface area (Å²) in [6.07, 6.45) is 12.2. The fourth-order valence-electron chi connectivity index (χ4n) is 4.76. The summed E-state index contributed by atoms with van der Waals surface area (Å²) >= 11 is 0. The SMILES string of the molecule is CC[S+](C)C12CC3CC(CC(C3)C1)C2.F[B-](F)(F)F. The third-order valence-electron chi connectivity index (χ3n) is 5.15. The Morgan fingerprint density at radius 1 is 0.947 bits per heavy atom. The summed E-state index contributed by atoms with van der Waals surface area (Å²) in [5.74, 6) is 4.86. The van der Waals surface area contributed by atoms with Gasteiger partial charge in [-0.25, -0.2) is 0 Å². The Labute approximate surface area is 116 Å². The van der Waals surface area contributed by atoms with Crippen molar-refractivity contribution in [2.24, 2.45) is 17.8 Å². The second-order valence-electron chi connectivity index (χ2n) is 6.52. The van der Waals surface area contributed by atoms with Crippen molar-refractivity contribution in [3.63, 3.8) is 0 Å². The molecule has 4 aliphatic carbocycles. The van der Waals surface area contributed by atoms with Gasteiger partial charge in [-0.3, -0.25) is 0 Å². The van der Waals surface area contributed by atoms with Gasteiger partial charge in [0.05, 0.1) is 6.26 Å². The van der Waals surface area contributed by atoms with E-state index in [4.69, 9.17) is 0 Å². The predicted molar refractivity (Wildman–Crippen MR) is 74.9 cm³/mol. The van der Waals surface area contributed by atoms with Crippen molar-refractivity contribution in [2.45, 2.75) is 50.2 Å². The van der Waals surface area contributed by atoms with Crippen molar-refractivity contribution in [1.82, 2.24) is 0 Å². The Balaban J connectivity index is 0.000000232. The molecule has 0 amide bonds. The maximum Gasteiger partial charge on any atom is 0.673 e. The van der Waals surface area contributed by atoms with Crippen LogP contribution in [0.1, 0.15) is 45.4 Å². The molecule has 0 aromatic rings. The minimum Gasteiger partial charge on any atom is -0.418 e. The fourth-order valence-corrected chi connectivity index (χ4v) is 6.94. The normalized spacial score (nSPS) is 41.7. The number of rotatable bonds is 2. The molecule has 1 unspecified atom stereocenters. The molecule has 0 N–H and O–H groups in total. The molecular weight excluding hydrogens is 275 g/mol. The topological polar surface area (TPSA) is 0 Å². The summed E-state index contributed by atoms with van der Waals surface area (Å²) in [7, 11) is -5.28. The Morgan fingerprint density at radius 3 is 1.53 bits per heavy atom. The molecule has 4 saturated carbocycles. The standard InChI is InChI=1S/C13H23S.BF4/c1-3-14(2)13-7-10-4-11(8-13)6-12(5-10)9-13;2-1(3,4)5/h10-12H,3-9H2,1-2H3;/q+1;-1. The Kier molecular flexibility index (Phi) is 4.49. The first kappa shape index (κ1) is 15.5. The molecule has 0 nitrogen and oxygen atoms in total. The predicted octanol–water partition coefficient (Wildman–Crippen LogP) is 4.52. The number of halogens is 4. The molecule has 0 saturated heterocycles. The van der Waals surface area contributed by atoms with E-state index in [0.29, 0.717) is 0 Å². The molecule has 6 heteroatoms. The van der Waals surface area contributed by atoms with Crippen LogP contribution < -0.4 is 0 Å². The van der Waals surface area contributed by atoms with Crippen molar-refractivity contribution in [3.8, 4) is 0 Å². The van der Waals surface area contributed by atoms with Gasteiger partial charge >= 0.3 is 7.25 Å². The quantitative estimate of drug-likeness (QED) is 0.399. The summed E-state index contributed by atoms with van der Waals surface area (Å²) in [6.45, 7) is 2.40. The smallest absolute Gasteiger partial charge is 0.418 e. The minimum atomic E-state index is -6.00. The van der Waals surface area contributed by atoms with Gasteiger partial charge in [0.1, 0.15) is 10.5 Å². The number of hydrogen-bond acceptors (Lipinski definition) is 0. The van der Waals surface area contributed by atoms with Crippen LogP contribution in [0.25, 0.3) is 0 Å². The zero-order valence-electron chi connectivity index (χ0n) is 11.7. The molecule has 0 spiro atoms. The second-order valence-corrected chi connectivity index (χ2v) is 9.24. The lowest BCUT2D eigenvalue weighted by atomic mass is 9.56. The molecule has 4 bridgehead atoms. The highest BCUT2D eigenvalue weighted by Gasteiger charge is 2.57. The summed E-state index contributed by atoms with van der Waals surface area (Å²) in [5.41, 5.74) is 0. The van der Waals surface area contributed by atoms with E-state index in [9.17, 15) is 17.3 Å². The first-order valence-corrected chi connectivity index (χ1v) is 9.02. The van der Waals surface area contributed by atoms with Crippen LogP contribution in [-0.4, -0.2) is 24.0 Å². The van der Waals surface area contributed by atoms with E-state index >= 15 is 0 Å². The van der Waals surface area contributed by atoms with Crippen LogP contribution in [0.2, 0.25) is 0 Å². The molecule has 4 aliphatic rings. The fraction of sp³-hybridized carbons (Fsp3) is 1.00. The Morgan fingerprint density at radius 2 is 1.26 bits per heavy atom. The van der Waals surface area contributed by atoms with Gasteiger partial charge in [-0.15, -0.1) is 0 Å². The first-order chi connectivity index (χ1) is 8.72. The largest absolute Gasteiger partial charge is 0.673 e. The van der Waals surface area contributed by atoms with Crippen LogP contribution >= 0.6 is 0 Å². The van der Waals surface area contributed by atoms with Crippen LogP contribution in [-0.2, 0) is 10.9 Å². The first-order valence-electron chi connectivity index (χ1n) is 7.22. The average Bonchev–Trinajstić information content (AvgIpc) is 2.23. The number of hydrogen-bond donors (Lipinski definition) is 0. The van der Waals surface area contributed by atoms with E-state index in [1.165, 1.54) is 5.75 Å². The van der Waals surface area contributed by atoms with Crippen LogP contribution in [0.5, 0.6) is 0 Å². The zero-order valence-corrected chi connectivity index (χ0v) is 12.5. The highest BCUT2D eigenvalue weighted by molar-refractivity contribution is 7.97. The molecule has 0 aromatic carbocycles. The van der Waals surface area contributed by atoms with Gasteiger partial charge < -0.3 is 17.3 Å². The Bertz CT molecular complexity index is 277. The molecule has 112 valence electrons. The van der Waals surface area contributed by atoms with E-state index in [-0.39, 0.29) is 0 Å². The highest BCUT2D eigenvalue weighted by atomic mass is 32.2. The van der Waals surface area contributed by atoms with Gasteiger partial charge in [-0.2, -0.15) is 0 Å². The lowest BCUT2D eigenvalue weighted by molar-refractivity contribution is 0.0370. The van der Waals surface area contributed by atoms with E-state index in [1.807, 2.05) is 0 Å². The van der Waals surface area contributed by atoms with Gasteiger partial charge in [0.2, 0.25) is 0 Å². The molecule has 0 radical (unpaired) electrons. The lowest BCUT2D eigenvalue weighted by Gasteiger charge is -2.54. The van der Waals surface area contributed by atoms with E-state index in [2.05, 4.69) is 13.2 Å². The second kappa shape index (κ2) is 5.49. The van der Waals surface area contributed by atoms with Crippen molar-refractivity contribution < 1.29 is 17.3 Å². The molecule has 0 aliphatic heterocycles. The molecule has 1 atom stereocenters. The third-order valence-corrected chi connectivity index (χ3v) is 8.00. The van der Waals surface area contributed by atoms with Crippen molar-refractivity contribution in [2.75, 3.05) is 12.0 Å². The Hall–Kier alpha value is 0.135. The molecular formula is C13H23BF4S. The third kappa shape index (κ3) is 3.82. The van der Waals surface area contributed by atoms with Crippen LogP contribution in [0.4, 0.5) is 17.3 Å². The highest BCUT2D eigenvalue weighted by Crippen LogP contribution is 2.58. The molecule has 0 aromatic heterocycles. The molecule has 19 heavy (non-hydrogen) atoms. The van der Waals surface area contributed by atoms with Crippen molar-refractivity contribution >= 4 is 18.1 Å². The molecule has 0 heterocycles. The van der Waals surface area contributed by atoms with Gasteiger partial charge in [0.25, 0.3) is 0 Å². The van der Waals surface area contributed by atoms with Crippen molar-refractivity contribution in [1.29, 1.82) is 0 Å². The van der Waals surface area contributed by atoms with Crippen molar-refractivity contribution in [3.05, 3.63) is 0 Å².